The molecule has 0 fully saturated rings. The molecule has 3 nitrogen and oxygen atoms in total. The minimum atomic E-state index is 0.275. The molecule has 0 atom stereocenters. The Labute approximate surface area is 118 Å². The highest BCUT2D eigenvalue weighted by Gasteiger charge is 2.21. The average molecular weight is 266 g/mol. The van der Waals surface area contributed by atoms with Gasteiger partial charge in [0.05, 0.1) is 12.8 Å². The molecule has 1 rings (SSSR count). The molecule has 0 aliphatic heterocycles. The minimum absolute atomic E-state index is 0.275. The molecule has 1 aromatic heterocycles. The predicted molar refractivity (Wildman–Crippen MR) is 81.1 cm³/mol. The summed E-state index contributed by atoms with van der Waals surface area (Å²) < 4.78 is 5.44. The fourth-order valence-corrected chi connectivity index (χ4v) is 2.26. The van der Waals surface area contributed by atoms with Crippen LogP contribution in [0, 0.1) is 11.3 Å². The lowest BCUT2D eigenvalue weighted by molar-refractivity contribution is 0.164. The summed E-state index contributed by atoms with van der Waals surface area (Å²) in [5, 5.41) is 3.56. The molecular formula is C16H30N2O. The zero-order valence-electron chi connectivity index (χ0n) is 13.2. The molecule has 19 heavy (non-hydrogen) atoms. The highest BCUT2D eigenvalue weighted by molar-refractivity contribution is 4.98. The molecule has 0 saturated carbocycles. The zero-order chi connectivity index (χ0) is 14.3. The largest absolute Gasteiger partial charge is 0.468 e. The number of nitrogens with zero attached hydrogens (tertiary/aromatic N) is 1. The highest BCUT2D eigenvalue weighted by Crippen LogP contribution is 2.17. The van der Waals surface area contributed by atoms with Gasteiger partial charge < -0.3 is 9.73 Å². The zero-order valence-corrected chi connectivity index (χ0v) is 13.2. The third-order valence-electron chi connectivity index (χ3n) is 3.21. The molecule has 0 saturated heterocycles. The number of hydrogen-bond acceptors (Lipinski definition) is 3. The topological polar surface area (TPSA) is 28.4 Å². The normalized spacial score (nSPS) is 12.6. The molecule has 1 heterocycles. The summed E-state index contributed by atoms with van der Waals surface area (Å²) >= 11 is 0. The molecule has 0 amide bonds. The Morgan fingerprint density at radius 1 is 1.37 bits per heavy atom. The minimum Gasteiger partial charge on any atom is -0.468 e. The van der Waals surface area contributed by atoms with E-state index in [-0.39, 0.29) is 5.41 Å². The van der Waals surface area contributed by atoms with Gasteiger partial charge in [0.25, 0.3) is 0 Å². The Morgan fingerprint density at radius 3 is 2.63 bits per heavy atom. The van der Waals surface area contributed by atoms with Crippen molar-refractivity contribution in [3.63, 3.8) is 0 Å². The van der Waals surface area contributed by atoms with E-state index in [1.807, 2.05) is 12.1 Å². The van der Waals surface area contributed by atoms with Crippen LogP contribution in [-0.2, 0) is 6.54 Å². The second kappa shape index (κ2) is 7.71. The summed E-state index contributed by atoms with van der Waals surface area (Å²) in [4.78, 5) is 2.44. The van der Waals surface area contributed by atoms with E-state index >= 15 is 0 Å². The van der Waals surface area contributed by atoms with Crippen molar-refractivity contribution in [1.82, 2.24) is 10.2 Å². The molecule has 0 aromatic carbocycles. The van der Waals surface area contributed by atoms with Crippen LogP contribution in [0.5, 0.6) is 0 Å². The van der Waals surface area contributed by atoms with Crippen molar-refractivity contribution in [2.45, 2.75) is 41.2 Å². The standard InChI is InChI=1S/C16H30N2O/c1-6-18(11-15-8-7-9-19-15)13-16(4,5)12-17-10-14(2)3/h7-9,14,17H,6,10-13H2,1-5H3. The Balaban J connectivity index is 2.40. The van der Waals surface area contributed by atoms with Crippen LogP contribution in [0.25, 0.3) is 0 Å². The first-order valence-corrected chi connectivity index (χ1v) is 7.38. The van der Waals surface area contributed by atoms with Crippen LogP contribution in [0.15, 0.2) is 22.8 Å². The van der Waals surface area contributed by atoms with E-state index in [0.717, 1.165) is 38.5 Å². The molecule has 0 unspecified atom stereocenters. The van der Waals surface area contributed by atoms with Crippen molar-refractivity contribution < 1.29 is 4.42 Å². The Hall–Kier alpha value is -0.800. The third kappa shape index (κ3) is 6.79. The molecule has 0 spiro atoms. The van der Waals surface area contributed by atoms with Crippen molar-refractivity contribution in [1.29, 1.82) is 0 Å². The summed E-state index contributed by atoms with van der Waals surface area (Å²) in [7, 11) is 0. The summed E-state index contributed by atoms with van der Waals surface area (Å²) in [6, 6.07) is 4.01. The first-order chi connectivity index (χ1) is 8.93. The van der Waals surface area contributed by atoms with Gasteiger partial charge in [0.15, 0.2) is 0 Å². The summed E-state index contributed by atoms with van der Waals surface area (Å²) in [5.74, 6) is 1.76. The molecule has 0 bridgehead atoms. The van der Waals surface area contributed by atoms with Crippen LogP contribution >= 0.6 is 0 Å². The monoisotopic (exact) mass is 266 g/mol. The van der Waals surface area contributed by atoms with E-state index in [2.05, 4.69) is 44.8 Å². The van der Waals surface area contributed by atoms with Gasteiger partial charge in [-0.15, -0.1) is 0 Å². The lowest BCUT2D eigenvalue weighted by Crippen LogP contribution is -2.41. The van der Waals surface area contributed by atoms with E-state index in [1.54, 1.807) is 6.26 Å². The molecule has 0 aliphatic rings. The lowest BCUT2D eigenvalue weighted by Gasteiger charge is -2.32. The van der Waals surface area contributed by atoms with Gasteiger partial charge in [-0.3, -0.25) is 4.90 Å². The molecule has 110 valence electrons. The lowest BCUT2D eigenvalue weighted by atomic mass is 9.92. The van der Waals surface area contributed by atoms with Crippen molar-refractivity contribution in [3.05, 3.63) is 24.2 Å². The number of nitrogens with one attached hydrogen (secondary N) is 1. The van der Waals surface area contributed by atoms with Gasteiger partial charge >= 0.3 is 0 Å². The second-order valence-electron chi connectivity index (χ2n) is 6.57. The van der Waals surface area contributed by atoms with Crippen molar-refractivity contribution in [2.75, 3.05) is 26.2 Å². The van der Waals surface area contributed by atoms with E-state index in [4.69, 9.17) is 4.42 Å². The van der Waals surface area contributed by atoms with Gasteiger partial charge in [-0.25, -0.2) is 0 Å². The summed E-state index contributed by atoms with van der Waals surface area (Å²) in [5.41, 5.74) is 0.275. The van der Waals surface area contributed by atoms with Gasteiger partial charge in [0.1, 0.15) is 5.76 Å². The van der Waals surface area contributed by atoms with Crippen molar-refractivity contribution in [3.8, 4) is 0 Å². The Bertz CT molecular complexity index is 331. The molecule has 0 aliphatic carbocycles. The van der Waals surface area contributed by atoms with Gasteiger partial charge in [-0.1, -0.05) is 34.6 Å². The van der Waals surface area contributed by atoms with E-state index in [0.29, 0.717) is 5.92 Å². The van der Waals surface area contributed by atoms with E-state index < -0.39 is 0 Å². The maximum absolute atomic E-state index is 5.44. The molecule has 3 heteroatoms. The number of furan rings is 1. The average Bonchev–Trinajstić information content (AvgIpc) is 2.79. The predicted octanol–water partition coefficient (Wildman–Crippen LogP) is 3.37. The van der Waals surface area contributed by atoms with E-state index in [9.17, 15) is 0 Å². The Morgan fingerprint density at radius 2 is 2.11 bits per heavy atom. The van der Waals surface area contributed by atoms with Crippen molar-refractivity contribution >= 4 is 0 Å². The summed E-state index contributed by atoms with van der Waals surface area (Å²) in [6.07, 6.45) is 1.75. The smallest absolute Gasteiger partial charge is 0.117 e. The first kappa shape index (κ1) is 16.3. The van der Waals surface area contributed by atoms with Crippen LogP contribution in [-0.4, -0.2) is 31.1 Å². The quantitative estimate of drug-likeness (QED) is 0.743. The highest BCUT2D eigenvalue weighted by atomic mass is 16.3. The fourth-order valence-electron chi connectivity index (χ4n) is 2.26. The molecule has 1 N–H and O–H groups in total. The van der Waals surface area contributed by atoms with Gasteiger partial charge in [-0.05, 0) is 36.6 Å². The third-order valence-corrected chi connectivity index (χ3v) is 3.21. The van der Waals surface area contributed by atoms with Gasteiger partial charge in [-0.2, -0.15) is 0 Å². The maximum atomic E-state index is 5.44. The Kier molecular flexibility index (Phi) is 6.59. The molecule has 1 aromatic rings. The number of rotatable bonds is 9. The van der Waals surface area contributed by atoms with Crippen LogP contribution in [0.3, 0.4) is 0 Å². The molecule has 0 radical (unpaired) electrons. The van der Waals surface area contributed by atoms with Crippen LogP contribution < -0.4 is 5.32 Å². The van der Waals surface area contributed by atoms with Crippen LogP contribution in [0.1, 0.15) is 40.4 Å². The van der Waals surface area contributed by atoms with E-state index in [1.165, 1.54) is 0 Å². The van der Waals surface area contributed by atoms with Crippen molar-refractivity contribution in [2.24, 2.45) is 11.3 Å². The molecular weight excluding hydrogens is 236 g/mol. The van der Waals surface area contributed by atoms with Gasteiger partial charge in [0.2, 0.25) is 0 Å². The van der Waals surface area contributed by atoms with Crippen LogP contribution in [0.2, 0.25) is 0 Å². The summed E-state index contributed by atoms with van der Waals surface area (Å²) in [6.45, 7) is 16.5. The SMILES string of the molecule is CCN(Cc1ccco1)CC(C)(C)CNCC(C)C. The van der Waals surface area contributed by atoms with Gasteiger partial charge in [0, 0.05) is 13.1 Å². The first-order valence-electron chi connectivity index (χ1n) is 7.38. The maximum Gasteiger partial charge on any atom is 0.117 e. The second-order valence-corrected chi connectivity index (χ2v) is 6.57. The van der Waals surface area contributed by atoms with Crippen LogP contribution in [0.4, 0.5) is 0 Å². The number of hydrogen-bond donors (Lipinski definition) is 1. The fraction of sp³-hybridized carbons (Fsp3) is 0.750.